The summed E-state index contributed by atoms with van der Waals surface area (Å²) >= 11 is 0. The first-order chi connectivity index (χ1) is 12.4. The maximum atomic E-state index is 12.5. The van der Waals surface area contributed by atoms with E-state index >= 15 is 0 Å². The second kappa shape index (κ2) is 6.96. The first kappa shape index (κ1) is 17.6. The molecule has 0 saturated carbocycles. The zero-order valence-electron chi connectivity index (χ0n) is 15.0. The van der Waals surface area contributed by atoms with Crippen molar-refractivity contribution in [2.75, 3.05) is 5.32 Å². The van der Waals surface area contributed by atoms with Crippen LogP contribution in [0.5, 0.6) is 0 Å². The van der Waals surface area contributed by atoms with Crippen LogP contribution in [-0.2, 0) is 11.3 Å². The van der Waals surface area contributed by atoms with Gasteiger partial charge in [-0.05, 0) is 56.2 Å². The van der Waals surface area contributed by atoms with Crippen molar-refractivity contribution < 1.29 is 9.59 Å². The predicted octanol–water partition coefficient (Wildman–Crippen LogP) is 3.46. The molecule has 0 spiro atoms. The van der Waals surface area contributed by atoms with Gasteiger partial charge in [-0.25, -0.2) is 0 Å². The van der Waals surface area contributed by atoms with E-state index in [2.05, 4.69) is 5.32 Å². The number of pyridine rings is 1. The second-order valence-electron chi connectivity index (χ2n) is 6.40. The van der Waals surface area contributed by atoms with Crippen molar-refractivity contribution in [3.8, 4) is 0 Å². The number of fused-ring (bicyclic) bond motifs is 1. The molecule has 3 rings (SSSR count). The van der Waals surface area contributed by atoms with Crippen LogP contribution in [0.15, 0.2) is 53.3 Å². The summed E-state index contributed by atoms with van der Waals surface area (Å²) in [7, 11) is 0. The summed E-state index contributed by atoms with van der Waals surface area (Å²) in [6.07, 6.45) is 0. The smallest absolute Gasteiger partial charge is 0.251 e. The minimum absolute atomic E-state index is 0.0315. The minimum atomic E-state index is -0.295. The molecule has 3 aromatic rings. The van der Waals surface area contributed by atoms with E-state index in [-0.39, 0.29) is 23.8 Å². The van der Waals surface area contributed by atoms with Gasteiger partial charge >= 0.3 is 0 Å². The highest BCUT2D eigenvalue weighted by Gasteiger charge is 2.12. The number of anilines is 1. The largest absolute Gasteiger partial charge is 0.325 e. The molecule has 0 radical (unpaired) electrons. The Morgan fingerprint density at radius 1 is 1.00 bits per heavy atom. The Morgan fingerprint density at radius 3 is 2.35 bits per heavy atom. The van der Waals surface area contributed by atoms with E-state index in [4.69, 9.17) is 0 Å². The Kier molecular flexibility index (Phi) is 4.71. The van der Waals surface area contributed by atoms with Crippen LogP contribution in [0.2, 0.25) is 0 Å². The van der Waals surface area contributed by atoms with Crippen molar-refractivity contribution in [1.82, 2.24) is 4.57 Å². The van der Waals surface area contributed by atoms with E-state index in [1.807, 2.05) is 32.0 Å². The average Bonchev–Trinajstić information content (AvgIpc) is 2.59. The van der Waals surface area contributed by atoms with E-state index in [1.165, 1.54) is 11.5 Å². The Hall–Kier alpha value is -3.21. The van der Waals surface area contributed by atoms with Crippen molar-refractivity contribution in [2.24, 2.45) is 0 Å². The van der Waals surface area contributed by atoms with Crippen molar-refractivity contribution in [3.63, 3.8) is 0 Å². The van der Waals surface area contributed by atoms with Crippen molar-refractivity contribution in [2.45, 2.75) is 27.3 Å². The predicted molar refractivity (Wildman–Crippen MR) is 103 cm³/mol. The quantitative estimate of drug-likeness (QED) is 0.734. The first-order valence-corrected chi connectivity index (χ1v) is 8.37. The Bertz CT molecular complexity index is 1060. The minimum Gasteiger partial charge on any atom is -0.325 e. The molecule has 1 aromatic heterocycles. The number of aromatic nitrogens is 1. The second-order valence-corrected chi connectivity index (χ2v) is 6.40. The third-order valence-corrected chi connectivity index (χ3v) is 4.42. The summed E-state index contributed by atoms with van der Waals surface area (Å²) in [6.45, 7) is 5.24. The van der Waals surface area contributed by atoms with Gasteiger partial charge in [-0.15, -0.1) is 0 Å². The fourth-order valence-electron chi connectivity index (χ4n) is 3.08. The maximum absolute atomic E-state index is 12.5. The van der Waals surface area contributed by atoms with E-state index in [1.54, 1.807) is 30.3 Å². The molecule has 5 heteroatoms. The lowest BCUT2D eigenvalue weighted by atomic mass is 10.1. The molecule has 0 aliphatic heterocycles. The van der Waals surface area contributed by atoms with E-state index < -0.39 is 0 Å². The number of amides is 1. The third kappa shape index (κ3) is 3.42. The summed E-state index contributed by atoms with van der Waals surface area (Å²) in [5.74, 6) is -0.327. The number of Topliss-reactive ketones (excluding diaryl/α,β-unsaturated/α-hetero) is 1. The molecule has 1 heterocycles. The lowest BCUT2D eigenvalue weighted by molar-refractivity contribution is -0.116. The Balaban J connectivity index is 1.90. The number of carbonyl (C=O) groups is 2. The van der Waals surface area contributed by atoms with Crippen molar-refractivity contribution >= 4 is 28.3 Å². The monoisotopic (exact) mass is 348 g/mol. The number of aryl methyl sites for hydroxylation is 2. The lowest BCUT2D eigenvalue weighted by Crippen LogP contribution is -2.28. The molecule has 1 amide bonds. The molecule has 5 nitrogen and oxygen atoms in total. The van der Waals surface area contributed by atoms with Crippen LogP contribution in [0.25, 0.3) is 10.9 Å². The zero-order valence-corrected chi connectivity index (χ0v) is 15.0. The summed E-state index contributed by atoms with van der Waals surface area (Å²) < 4.78 is 1.50. The lowest BCUT2D eigenvalue weighted by Gasteiger charge is -2.14. The first-order valence-electron chi connectivity index (χ1n) is 8.37. The number of nitrogens with zero attached hydrogens (tertiary/aromatic N) is 1. The van der Waals surface area contributed by atoms with Gasteiger partial charge in [0, 0.05) is 22.7 Å². The molecule has 0 aliphatic carbocycles. The summed E-state index contributed by atoms with van der Waals surface area (Å²) in [5.41, 5.74) is 3.58. The molecular weight excluding hydrogens is 328 g/mol. The number of hydrogen-bond acceptors (Lipinski definition) is 3. The molecule has 1 N–H and O–H groups in total. The molecule has 0 bridgehead atoms. The highest BCUT2D eigenvalue weighted by Crippen LogP contribution is 2.20. The number of rotatable bonds is 4. The molecule has 0 unspecified atom stereocenters. The molecule has 26 heavy (non-hydrogen) atoms. The summed E-state index contributed by atoms with van der Waals surface area (Å²) in [4.78, 5) is 36.2. The van der Waals surface area contributed by atoms with E-state index in [9.17, 15) is 14.4 Å². The SMILES string of the molecule is CC(=O)c1ccc(NC(=O)Cn2c(=O)cc(C)c3cccc(C)c32)cc1. The molecule has 0 atom stereocenters. The molecule has 2 aromatic carbocycles. The number of benzene rings is 2. The maximum Gasteiger partial charge on any atom is 0.251 e. The summed E-state index contributed by atoms with van der Waals surface area (Å²) in [6, 6.07) is 14.0. The number of carbonyl (C=O) groups excluding carboxylic acids is 2. The third-order valence-electron chi connectivity index (χ3n) is 4.42. The van der Waals surface area contributed by atoms with Gasteiger partial charge in [0.15, 0.2) is 5.78 Å². The fraction of sp³-hybridized carbons (Fsp3) is 0.190. The van der Waals surface area contributed by atoms with Gasteiger partial charge in [0.25, 0.3) is 5.56 Å². The normalized spacial score (nSPS) is 10.7. The molecule has 132 valence electrons. The average molecular weight is 348 g/mol. The van der Waals surface area contributed by atoms with Gasteiger partial charge in [-0.2, -0.15) is 0 Å². The van der Waals surface area contributed by atoms with Gasteiger partial charge in [-0.3, -0.25) is 19.0 Å². The molecule has 0 fully saturated rings. The van der Waals surface area contributed by atoms with Crippen LogP contribution in [0.1, 0.15) is 28.4 Å². The highest BCUT2D eigenvalue weighted by atomic mass is 16.2. The van der Waals surface area contributed by atoms with Crippen molar-refractivity contribution in [1.29, 1.82) is 0 Å². The number of para-hydroxylation sites is 1. The van der Waals surface area contributed by atoms with Gasteiger partial charge < -0.3 is 5.32 Å². The molecule has 0 aliphatic rings. The highest BCUT2D eigenvalue weighted by molar-refractivity contribution is 5.96. The number of hydrogen-bond donors (Lipinski definition) is 1. The van der Waals surface area contributed by atoms with Crippen LogP contribution in [0.4, 0.5) is 5.69 Å². The van der Waals surface area contributed by atoms with Gasteiger partial charge in [-0.1, -0.05) is 18.2 Å². The Morgan fingerprint density at radius 2 is 1.69 bits per heavy atom. The number of nitrogens with one attached hydrogen (secondary N) is 1. The molecular formula is C21H20N2O3. The van der Waals surface area contributed by atoms with E-state index in [0.29, 0.717) is 11.3 Å². The van der Waals surface area contributed by atoms with Gasteiger partial charge in [0.1, 0.15) is 6.54 Å². The van der Waals surface area contributed by atoms with Crippen LogP contribution in [0.3, 0.4) is 0 Å². The van der Waals surface area contributed by atoms with Crippen LogP contribution < -0.4 is 10.9 Å². The van der Waals surface area contributed by atoms with Gasteiger partial charge in [0.2, 0.25) is 5.91 Å². The summed E-state index contributed by atoms with van der Waals surface area (Å²) in [5, 5.41) is 3.73. The topological polar surface area (TPSA) is 68.2 Å². The van der Waals surface area contributed by atoms with Crippen LogP contribution in [0, 0.1) is 13.8 Å². The zero-order chi connectivity index (χ0) is 18.8. The standard InChI is InChI=1S/C21H20N2O3/c1-13-5-4-6-18-14(2)11-20(26)23(21(13)18)12-19(25)22-17-9-7-16(8-10-17)15(3)24/h4-11H,12H2,1-3H3,(H,22,25). The van der Waals surface area contributed by atoms with Crippen LogP contribution >= 0.6 is 0 Å². The van der Waals surface area contributed by atoms with Gasteiger partial charge in [0.05, 0.1) is 5.52 Å². The Labute approximate surface area is 151 Å². The van der Waals surface area contributed by atoms with E-state index in [0.717, 1.165) is 22.0 Å². The van der Waals surface area contributed by atoms with Crippen LogP contribution in [-0.4, -0.2) is 16.3 Å². The molecule has 0 saturated heterocycles. The van der Waals surface area contributed by atoms with Crippen molar-refractivity contribution in [3.05, 3.63) is 75.6 Å². The number of ketones is 1. The fourth-order valence-corrected chi connectivity index (χ4v) is 3.08.